The molecule has 1 aromatic heterocycles. The summed E-state index contributed by atoms with van der Waals surface area (Å²) in [6.07, 6.45) is 8.40. The average molecular weight is 485 g/mol. The van der Waals surface area contributed by atoms with Gasteiger partial charge in [0.25, 0.3) is 5.91 Å². The highest BCUT2D eigenvalue weighted by atomic mass is 127. The van der Waals surface area contributed by atoms with Crippen LogP contribution in [0.2, 0.25) is 0 Å². The monoisotopic (exact) mass is 485 g/mol. The number of hydrogen-bond donors (Lipinski definition) is 0. The van der Waals surface area contributed by atoms with Crippen molar-refractivity contribution >= 4 is 36.5 Å². The second kappa shape index (κ2) is 7.78. The molecule has 5 heteroatoms. The Hall–Kier alpha value is -2.02. The zero-order valence-corrected chi connectivity index (χ0v) is 18.0. The number of hydrogen-bond acceptors (Lipinski definition) is 3. The van der Waals surface area contributed by atoms with Gasteiger partial charge in [0, 0.05) is 21.6 Å². The summed E-state index contributed by atoms with van der Waals surface area (Å²) in [7, 11) is 0. The van der Waals surface area contributed by atoms with E-state index in [-0.39, 0.29) is 26.6 Å². The van der Waals surface area contributed by atoms with Crippen molar-refractivity contribution in [1.82, 2.24) is 9.88 Å². The van der Waals surface area contributed by atoms with Gasteiger partial charge in [0.2, 0.25) is 0 Å². The number of rotatable bonds is 2. The summed E-state index contributed by atoms with van der Waals surface area (Å²) in [6, 6.07) is 12.3. The van der Waals surface area contributed by atoms with E-state index in [4.69, 9.17) is 0 Å². The second-order valence-electron chi connectivity index (χ2n) is 7.77. The van der Waals surface area contributed by atoms with Crippen LogP contribution in [0.25, 0.3) is 0 Å². The first-order chi connectivity index (χ1) is 13.8. The van der Waals surface area contributed by atoms with E-state index in [1.165, 1.54) is 43.4 Å². The summed E-state index contributed by atoms with van der Waals surface area (Å²) in [4.78, 5) is 22.2. The van der Waals surface area contributed by atoms with E-state index in [0.717, 1.165) is 23.5 Å². The first-order valence-electron chi connectivity index (χ1n) is 10.1. The molecule has 28 heavy (non-hydrogen) atoms. The molecule has 0 radical (unpaired) electrons. The third-order valence-corrected chi connectivity index (χ3v) is 8.08. The molecule has 1 fully saturated rings. The molecule has 1 amide bonds. The normalized spacial score (nSPS) is 19.4. The molecule has 5 rings (SSSR count). The topological polar surface area (TPSA) is 36.4 Å². The Balaban J connectivity index is 1.44. The minimum atomic E-state index is -0.0474. The molecule has 0 atom stereocenters. The number of carbonyl (C=O) groups is 1. The average Bonchev–Trinajstić information content (AvgIpc) is 3.13. The Bertz CT molecular complexity index is 945. The number of fused-ring (bicyclic) bond motifs is 2. The van der Waals surface area contributed by atoms with Gasteiger partial charge in [0.15, 0.2) is 0 Å². The van der Waals surface area contributed by atoms with Gasteiger partial charge in [-0.1, -0.05) is 52.1 Å². The number of anilines is 1. The fraction of sp³-hybridized carbons (Fsp3) is 0.348. The third kappa shape index (κ3) is 3.41. The van der Waals surface area contributed by atoms with Gasteiger partial charge >= 0.3 is 0 Å². The van der Waals surface area contributed by atoms with Crippen LogP contribution in [0.15, 0.2) is 52.4 Å². The Labute approximate surface area is 176 Å². The number of amides is 1. The number of aromatic nitrogens is 1. The molecule has 3 heterocycles. The molecule has 2 aliphatic heterocycles. The maximum Gasteiger partial charge on any atom is 0.258 e. The molecule has 4 nitrogen and oxygen atoms in total. The van der Waals surface area contributed by atoms with Crippen molar-refractivity contribution in [3.63, 3.8) is 0 Å². The Morgan fingerprint density at radius 3 is 2.68 bits per heavy atom. The highest BCUT2D eigenvalue weighted by Crippen LogP contribution is 2.34. The van der Waals surface area contributed by atoms with Gasteiger partial charge in [-0.2, -0.15) is 0 Å². The Morgan fingerprint density at radius 2 is 1.86 bits per heavy atom. The van der Waals surface area contributed by atoms with Crippen LogP contribution in [-0.4, -0.2) is 26.5 Å². The molecular formula is C23H24IN3O. The maximum atomic E-state index is 13.4. The van der Waals surface area contributed by atoms with Crippen LogP contribution >= 0.6 is 20.7 Å². The standard InChI is InChI=1S/C23H24IN3O/c28-23(19-10-8-18(9-11-19)17-5-2-1-3-6-17)27-14-20-13-24-16-26(20)15-21-22(27)7-4-12-25-21/h4,7-13,16-17H,1-3,5-6,14-15H2. The van der Waals surface area contributed by atoms with Gasteiger partial charge in [-0.05, 0) is 52.7 Å². The fourth-order valence-electron chi connectivity index (χ4n) is 4.43. The zero-order valence-electron chi connectivity index (χ0n) is 15.9. The molecule has 0 saturated heterocycles. The summed E-state index contributed by atoms with van der Waals surface area (Å²) in [6.45, 7) is 1.38. The lowest BCUT2D eigenvalue weighted by Crippen LogP contribution is -2.34. The molecule has 0 N–H and O–H groups in total. The van der Waals surface area contributed by atoms with Crippen molar-refractivity contribution in [2.75, 3.05) is 11.4 Å². The van der Waals surface area contributed by atoms with Crippen molar-refractivity contribution in [2.45, 2.75) is 44.6 Å². The molecule has 0 unspecified atom stereocenters. The summed E-state index contributed by atoms with van der Waals surface area (Å²) >= 11 is -0.0474. The minimum Gasteiger partial charge on any atom is -0.338 e. The quantitative estimate of drug-likeness (QED) is 0.551. The molecule has 144 valence electrons. The first kappa shape index (κ1) is 18.0. The van der Waals surface area contributed by atoms with E-state index in [1.807, 2.05) is 35.4 Å². The van der Waals surface area contributed by atoms with Crippen molar-refractivity contribution in [3.8, 4) is 0 Å². The van der Waals surface area contributed by atoms with Gasteiger partial charge in [0.05, 0.1) is 24.5 Å². The lowest BCUT2D eigenvalue weighted by atomic mass is 9.84. The number of nitrogens with zero attached hydrogens (tertiary/aromatic N) is 3. The van der Waals surface area contributed by atoms with Crippen LogP contribution in [0, 0.1) is 0 Å². The van der Waals surface area contributed by atoms with Crippen LogP contribution in [0.3, 0.4) is 0 Å². The fourth-order valence-corrected chi connectivity index (χ4v) is 6.51. The Morgan fingerprint density at radius 1 is 1.04 bits per heavy atom. The SMILES string of the molecule is O=C(c1ccc(C2CCCCC2)cc1)N1CC2=CI=CN2Cc2ncccc21. The van der Waals surface area contributed by atoms with E-state index >= 15 is 0 Å². The zero-order chi connectivity index (χ0) is 18.9. The highest BCUT2D eigenvalue weighted by Gasteiger charge is 2.29. The molecule has 0 bridgehead atoms. The smallest absolute Gasteiger partial charge is 0.258 e. The van der Waals surface area contributed by atoms with E-state index in [2.05, 4.69) is 30.2 Å². The predicted molar refractivity (Wildman–Crippen MR) is 122 cm³/mol. The summed E-state index contributed by atoms with van der Waals surface area (Å²) in [5.74, 6) is 0.731. The van der Waals surface area contributed by atoms with Crippen LogP contribution in [0.4, 0.5) is 5.69 Å². The van der Waals surface area contributed by atoms with E-state index in [9.17, 15) is 4.79 Å². The lowest BCUT2D eigenvalue weighted by Gasteiger charge is -2.24. The number of carbonyl (C=O) groups excluding carboxylic acids is 1. The number of pyridine rings is 1. The summed E-state index contributed by atoms with van der Waals surface area (Å²) in [5.41, 5.74) is 5.29. The second-order valence-corrected chi connectivity index (χ2v) is 9.67. The van der Waals surface area contributed by atoms with Gasteiger partial charge in [-0.3, -0.25) is 9.78 Å². The first-order valence-corrected chi connectivity index (χ1v) is 12.6. The van der Waals surface area contributed by atoms with Crippen molar-refractivity contribution in [3.05, 3.63) is 69.2 Å². The highest BCUT2D eigenvalue weighted by molar-refractivity contribution is 14.2. The van der Waals surface area contributed by atoms with Crippen LogP contribution in [0.1, 0.15) is 59.6 Å². The van der Waals surface area contributed by atoms with Gasteiger partial charge in [-0.25, -0.2) is 0 Å². The van der Waals surface area contributed by atoms with E-state index < -0.39 is 0 Å². The summed E-state index contributed by atoms with van der Waals surface area (Å²) < 4.78 is 4.61. The van der Waals surface area contributed by atoms with Crippen molar-refractivity contribution in [1.29, 1.82) is 0 Å². The van der Waals surface area contributed by atoms with Crippen LogP contribution in [0.5, 0.6) is 0 Å². The Kier molecular flexibility index (Phi) is 5.01. The predicted octanol–water partition coefficient (Wildman–Crippen LogP) is 5.18. The van der Waals surface area contributed by atoms with Gasteiger partial charge in [0.1, 0.15) is 0 Å². The molecule has 2 aromatic rings. The maximum absolute atomic E-state index is 13.4. The molecule has 0 spiro atoms. The number of halogens is 1. The van der Waals surface area contributed by atoms with Crippen LogP contribution in [-0.2, 0) is 6.54 Å². The van der Waals surface area contributed by atoms with E-state index in [0.29, 0.717) is 12.5 Å². The lowest BCUT2D eigenvalue weighted by molar-refractivity contribution is 0.0988. The van der Waals surface area contributed by atoms with Crippen molar-refractivity contribution < 1.29 is 4.79 Å². The molecular weight excluding hydrogens is 461 g/mol. The molecule has 3 aliphatic rings. The molecule has 1 aromatic carbocycles. The van der Waals surface area contributed by atoms with E-state index in [1.54, 1.807) is 0 Å². The minimum absolute atomic E-state index is 0.0474. The van der Waals surface area contributed by atoms with Crippen molar-refractivity contribution in [2.24, 2.45) is 0 Å². The van der Waals surface area contributed by atoms with Gasteiger partial charge < -0.3 is 9.80 Å². The van der Waals surface area contributed by atoms with Crippen LogP contribution < -0.4 is 4.90 Å². The summed E-state index contributed by atoms with van der Waals surface area (Å²) in [5, 5.41) is 0. The number of benzene rings is 1. The van der Waals surface area contributed by atoms with Gasteiger partial charge in [-0.15, -0.1) is 0 Å². The molecule has 1 aliphatic carbocycles. The molecule has 1 saturated carbocycles. The third-order valence-electron chi connectivity index (χ3n) is 6.01. The largest absolute Gasteiger partial charge is 0.338 e.